The first kappa shape index (κ1) is 22.0. The summed E-state index contributed by atoms with van der Waals surface area (Å²) in [6.07, 6.45) is 0. The molecule has 8 nitrogen and oxygen atoms in total. The molecular formula is C23H25N3O5. The number of imide groups is 1. The minimum atomic E-state index is -0.492. The third kappa shape index (κ3) is 4.44. The molecule has 1 heterocycles. The van der Waals surface area contributed by atoms with E-state index in [1.54, 1.807) is 60.5 Å². The number of nitrogens with one attached hydrogen (secondary N) is 1. The molecule has 0 unspecified atom stereocenters. The number of hydrogen-bond donors (Lipinski definition) is 2. The van der Waals surface area contributed by atoms with Crippen molar-refractivity contribution in [2.75, 3.05) is 37.0 Å². The van der Waals surface area contributed by atoms with Gasteiger partial charge in [0.1, 0.15) is 11.4 Å². The van der Waals surface area contributed by atoms with Crippen LogP contribution in [0.25, 0.3) is 5.57 Å². The Kier molecular flexibility index (Phi) is 6.71. The van der Waals surface area contributed by atoms with Crippen LogP contribution in [0.4, 0.5) is 11.4 Å². The van der Waals surface area contributed by atoms with E-state index in [0.717, 1.165) is 4.90 Å². The number of carbonyl (C=O) groups excluding carboxylic acids is 3. The maximum Gasteiger partial charge on any atom is 0.282 e. The van der Waals surface area contributed by atoms with E-state index in [9.17, 15) is 19.5 Å². The van der Waals surface area contributed by atoms with E-state index in [1.165, 1.54) is 6.92 Å². The first-order valence-corrected chi connectivity index (χ1v) is 9.94. The highest BCUT2D eigenvalue weighted by Gasteiger charge is 2.42. The van der Waals surface area contributed by atoms with Crippen LogP contribution < -0.4 is 15.0 Å². The number of rotatable bonds is 8. The minimum Gasteiger partial charge on any atom is -0.492 e. The van der Waals surface area contributed by atoms with Crippen LogP contribution in [-0.2, 0) is 14.4 Å². The van der Waals surface area contributed by atoms with Gasteiger partial charge >= 0.3 is 0 Å². The molecule has 0 aromatic heterocycles. The number of hydrogen-bond acceptors (Lipinski definition) is 6. The first-order chi connectivity index (χ1) is 14.9. The van der Waals surface area contributed by atoms with Gasteiger partial charge in [-0.05, 0) is 36.8 Å². The van der Waals surface area contributed by atoms with Crippen molar-refractivity contribution >= 4 is 34.7 Å². The number of benzene rings is 2. The Morgan fingerprint density at radius 3 is 2.39 bits per heavy atom. The molecule has 0 bridgehead atoms. The summed E-state index contributed by atoms with van der Waals surface area (Å²) in [4.78, 5) is 40.8. The van der Waals surface area contributed by atoms with E-state index in [4.69, 9.17) is 4.74 Å². The lowest BCUT2D eigenvalue weighted by molar-refractivity contribution is -0.120. The third-order valence-corrected chi connectivity index (χ3v) is 4.78. The standard InChI is InChI=1S/C23H25N3O5/c1-4-31-19-8-6-5-7-18(19)26-22(29)20(21(23(26)30)25(3)13-14-27)16-9-11-17(12-10-16)24-15(2)28/h5-12,27H,4,13-14H2,1-3H3,(H,24,28). The Hall–Kier alpha value is -3.65. The van der Waals surface area contributed by atoms with Crippen LogP contribution in [0.5, 0.6) is 5.75 Å². The quantitative estimate of drug-likeness (QED) is 0.632. The third-order valence-electron chi connectivity index (χ3n) is 4.78. The van der Waals surface area contributed by atoms with Gasteiger partial charge in [-0.25, -0.2) is 4.90 Å². The number of ether oxygens (including phenoxy) is 1. The van der Waals surface area contributed by atoms with Crippen molar-refractivity contribution in [2.45, 2.75) is 13.8 Å². The van der Waals surface area contributed by atoms with Crippen LogP contribution in [0, 0.1) is 0 Å². The Balaban J connectivity index is 2.09. The molecule has 0 spiro atoms. The van der Waals surface area contributed by atoms with Crippen molar-refractivity contribution in [1.29, 1.82) is 0 Å². The lowest BCUT2D eigenvalue weighted by Gasteiger charge is -2.21. The number of likely N-dealkylation sites (N-methyl/N-ethyl adjacent to an activating group) is 1. The van der Waals surface area contributed by atoms with Crippen LogP contribution >= 0.6 is 0 Å². The van der Waals surface area contributed by atoms with Crippen LogP contribution in [0.1, 0.15) is 19.4 Å². The Bertz CT molecular complexity index is 1030. The monoisotopic (exact) mass is 423 g/mol. The summed E-state index contributed by atoms with van der Waals surface area (Å²) in [6.45, 7) is 3.63. The van der Waals surface area contributed by atoms with E-state index >= 15 is 0 Å². The lowest BCUT2D eigenvalue weighted by atomic mass is 10.0. The number of aliphatic hydroxyl groups excluding tert-OH is 1. The average molecular weight is 423 g/mol. The molecule has 1 aliphatic heterocycles. The molecule has 0 fully saturated rings. The molecule has 0 aliphatic carbocycles. The number of aliphatic hydroxyl groups is 1. The highest BCUT2D eigenvalue weighted by atomic mass is 16.5. The minimum absolute atomic E-state index is 0.175. The maximum absolute atomic E-state index is 13.5. The summed E-state index contributed by atoms with van der Waals surface area (Å²) in [7, 11) is 1.65. The largest absolute Gasteiger partial charge is 0.492 e. The van der Waals surface area contributed by atoms with Crippen molar-refractivity contribution < 1.29 is 24.2 Å². The Labute approximate surface area is 180 Å². The second kappa shape index (κ2) is 9.44. The predicted molar refractivity (Wildman–Crippen MR) is 117 cm³/mol. The molecule has 2 aromatic carbocycles. The molecule has 0 saturated carbocycles. The first-order valence-electron chi connectivity index (χ1n) is 9.94. The summed E-state index contributed by atoms with van der Waals surface area (Å²) >= 11 is 0. The Morgan fingerprint density at radius 2 is 1.77 bits per heavy atom. The molecule has 0 radical (unpaired) electrons. The zero-order chi connectivity index (χ0) is 22.5. The fraction of sp³-hybridized carbons (Fsp3) is 0.261. The number of carbonyl (C=O) groups is 3. The van der Waals surface area contributed by atoms with Gasteiger partial charge in [0.15, 0.2) is 0 Å². The SMILES string of the molecule is CCOc1ccccc1N1C(=O)C(c2ccc(NC(C)=O)cc2)=C(N(C)CCO)C1=O. The van der Waals surface area contributed by atoms with Crippen molar-refractivity contribution in [3.8, 4) is 5.75 Å². The molecular weight excluding hydrogens is 398 g/mol. The smallest absolute Gasteiger partial charge is 0.282 e. The molecule has 2 aromatic rings. The highest BCUT2D eigenvalue weighted by Crippen LogP contribution is 2.38. The van der Waals surface area contributed by atoms with Gasteiger partial charge in [-0.15, -0.1) is 0 Å². The van der Waals surface area contributed by atoms with Gasteiger partial charge in [-0.2, -0.15) is 0 Å². The van der Waals surface area contributed by atoms with Crippen LogP contribution in [-0.4, -0.2) is 54.5 Å². The lowest BCUT2D eigenvalue weighted by Crippen LogP contribution is -2.35. The van der Waals surface area contributed by atoms with Gasteiger partial charge < -0.3 is 20.1 Å². The van der Waals surface area contributed by atoms with E-state index < -0.39 is 11.8 Å². The fourth-order valence-electron chi connectivity index (χ4n) is 3.46. The van der Waals surface area contributed by atoms with E-state index in [0.29, 0.717) is 29.3 Å². The zero-order valence-corrected chi connectivity index (χ0v) is 17.7. The molecule has 2 N–H and O–H groups in total. The molecule has 31 heavy (non-hydrogen) atoms. The second-order valence-corrected chi connectivity index (χ2v) is 6.97. The summed E-state index contributed by atoms with van der Waals surface area (Å²) in [6, 6.07) is 13.6. The summed E-state index contributed by atoms with van der Waals surface area (Å²) in [5.41, 5.74) is 1.89. The van der Waals surface area contributed by atoms with Crippen molar-refractivity contribution in [2.24, 2.45) is 0 Å². The average Bonchev–Trinajstić information content (AvgIpc) is 2.99. The summed E-state index contributed by atoms with van der Waals surface area (Å²) in [5, 5.41) is 12.1. The van der Waals surface area contributed by atoms with Gasteiger partial charge in [-0.1, -0.05) is 24.3 Å². The number of amides is 3. The number of anilines is 2. The van der Waals surface area contributed by atoms with Crippen LogP contribution in [0.3, 0.4) is 0 Å². The van der Waals surface area contributed by atoms with Gasteiger partial charge in [0.05, 0.1) is 24.5 Å². The fourth-order valence-corrected chi connectivity index (χ4v) is 3.46. The van der Waals surface area contributed by atoms with Gasteiger partial charge in [-0.3, -0.25) is 14.4 Å². The van der Waals surface area contributed by atoms with Crippen molar-refractivity contribution in [3.63, 3.8) is 0 Å². The molecule has 8 heteroatoms. The van der Waals surface area contributed by atoms with Crippen molar-refractivity contribution in [3.05, 3.63) is 59.8 Å². The summed E-state index contributed by atoms with van der Waals surface area (Å²) < 4.78 is 5.62. The van der Waals surface area contributed by atoms with Gasteiger partial charge in [0.2, 0.25) is 5.91 Å². The molecule has 3 rings (SSSR count). The van der Waals surface area contributed by atoms with Crippen LogP contribution in [0.15, 0.2) is 54.2 Å². The molecule has 0 atom stereocenters. The second-order valence-electron chi connectivity index (χ2n) is 6.97. The highest BCUT2D eigenvalue weighted by molar-refractivity contribution is 6.45. The van der Waals surface area contributed by atoms with E-state index in [2.05, 4.69) is 5.32 Å². The number of para-hydroxylation sites is 2. The zero-order valence-electron chi connectivity index (χ0n) is 17.7. The topological polar surface area (TPSA) is 99.2 Å². The normalized spacial score (nSPS) is 13.6. The molecule has 162 valence electrons. The summed E-state index contributed by atoms with van der Waals surface area (Å²) in [5.74, 6) is -0.752. The van der Waals surface area contributed by atoms with E-state index in [-0.39, 0.29) is 30.3 Å². The molecule has 1 aliphatic rings. The van der Waals surface area contributed by atoms with Gasteiger partial charge in [0.25, 0.3) is 11.8 Å². The maximum atomic E-state index is 13.5. The molecule has 0 saturated heterocycles. The van der Waals surface area contributed by atoms with Crippen LogP contribution in [0.2, 0.25) is 0 Å². The number of nitrogens with zero attached hydrogens (tertiary/aromatic N) is 2. The molecule has 3 amide bonds. The van der Waals surface area contributed by atoms with Crippen molar-refractivity contribution in [1.82, 2.24) is 4.90 Å². The van der Waals surface area contributed by atoms with E-state index in [1.807, 2.05) is 6.92 Å². The Morgan fingerprint density at radius 1 is 1.10 bits per heavy atom. The predicted octanol–water partition coefficient (Wildman–Crippen LogP) is 2.25. The van der Waals surface area contributed by atoms with Gasteiger partial charge in [0, 0.05) is 26.2 Å².